The minimum atomic E-state index is -0.866. The molecule has 0 bridgehead atoms. The van der Waals surface area contributed by atoms with E-state index in [1.54, 1.807) is 17.0 Å². The summed E-state index contributed by atoms with van der Waals surface area (Å²) in [4.78, 5) is 26.4. The van der Waals surface area contributed by atoms with Gasteiger partial charge in [-0.05, 0) is 29.8 Å². The highest BCUT2D eigenvalue weighted by atomic mass is 16.5. The highest BCUT2D eigenvalue weighted by molar-refractivity contribution is 5.95. The number of carboxylic acid groups (broad SMARTS) is 1. The molecule has 1 amide bonds. The number of carbonyl (C=O) groups excluding carboxylic acids is 1. The molecule has 2 aromatic carbocycles. The molecule has 0 spiro atoms. The van der Waals surface area contributed by atoms with Crippen molar-refractivity contribution < 1.29 is 24.2 Å². The van der Waals surface area contributed by atoms with Gasteiger partial charge in [-0.25, -0.2) is 0 Å². The van der Waals surface area contributed by atoms with Crippen molar-refractivity contribution >= 4 is 11.9 Å². The van der Waals surface area contributed by atoms with Crippen LogP contribution >= 0.6 is 0 Å². The molecule has 2 aliphatic rings. The number of likely N-dealkylation sites (tertiary alicyclic amines) is 1. The Hall–Kier alpha value is -2.86. The smallest absolute Gasteiger partial charge is 0.308 e. The van der Waals surface area contributed by atoms with Crippen LogP contribution in [0.3, 0.4) is 0 Å². The van der Waals surface area contributed by atoms with E-state index in [1.165, 1.54) is 0 Å². The predicted octanol–water partition coefficient (Wildman–Crippen LogP) is 3.18. The maximum Gasteiger partial charge on any atom is 0.308 e. The number of rotatable bonds is 5. The van der Waals surface area contributed by atoms with E-state index in [0.717, 1.165) is 24.2 Å². The number of aliphatic carboxylic acids is 1. The van der Waals surface area contributed by atoms with Gasteiger partial charge in [0.2, 0.25) is 0 Å². The van der Waals surface area contributed by atoms with E-state index < -0.39 is 11.9 Å². The molecule has 2 fully saturated rings. The summed E-state index contributed by atoms with van der Waals surface area (Å²) in [6, 6.07) is 16.7. The largest absolute Gasteiger partial charge is 0.490 e. The molecule has 0 aromatic heterocycles. The topological polar surface area (TPSA) is 76.1 Å². The van der Waals surface area contributed by atoms with E-state index >= 15 is 0 Å². The van der Waals surface area contributed by atoms with Crippen LogP contribution in [0.1, 0.15) is 34.7 Å². The Balaban J connectivity index is 1.44. The second-order valence-corrected chi connectivity index (χ2v) is 7.63. The zero-order valence-electron chi connectivity index (χ0n) is 16.2. The summed E-state index contributed by atoms with van der Waals surface area (Å²) >= 11 is 0. The van der Waals surface area contributed by atoms with Gasteiger partial charge in [0.1, 0.15) is 11.9 Å². The van der Waals surface area contributed by atoms with Crippen molar-refractivity contribution in [2.45, 2.75) is 24.9 Å². The van der Waals surface area contributed by atoms with E-state index in [4.69, 9.17) is 9.47 Å². The predicted molar refractivity (Wildman–Crippen MR) is 107 cm³/mol. The van der Waals surface area contributed by atoms with Crippen LogP contribution in [-0.4, -0.2) is 54.3 Å². The van der Waals surface area contributed by atoms with Gasteiger partial charge in [-0.2, -0.15) is 0 Å². The number of ether oxygens (including phenoxy) is 2. The van der Waals surface area contributed by atoms with Gasteiger partial charge in [0, 0.05) is 37.4 Å². The van der Waals surface area contributed by atoms with Gasteiger partial charge in [-0.15, -0.1) is 0 Å². The van der Waals surface area contributed by atoms with Gasteiger partial charge >= 0.3 is 5.97 Å². The Morgan fingerprint density at radius 2 is 1.66 bits per heavy atom. The summed E-state index contributed by atoms with van der Waals surface area (Å²) in [5.41, 5.74) is 1.50. The fourth-order valence-electron chi connectivity index (χ4n) is 4.10. The average Bonchev–Trinajstić information content (AvgIpc) is 3.21. The number of benzene rings is 2. The maximum absolute atomic E-state index is 13.0. The first-order valence-corrected chi connectivity index (χ1v) is 10.0. The number of nitrogens with zero attached hydrogens (tertiary/aromatic N) is 1. The summed E-state index contributed by atoms with van der Waals surface area (Å²) in [7, 11) is 0. The molecule has 0 aliphatic carbocycles. The molecule has 1 N–H and O–H groups in total. The zero-order chi connectivity index (χ0) is 20.2. The van der Waals surface area contributed by atoms with Gasteiger partial charge in [0.05, 0.1) is 19.1 Å². The van der Waals surface area contributed by atoms with Crippen molar-refractivity contribution in [2.75, 3.05) is 26.3 Å². The lowest BCUT2D eigenvalue weighted by Gasteiger charge is -2.23. The molecule has 0 radical (unpaired) electrons. The van der Waals surface area contributed by atoms with E-state index in [0.29, 0.717) is 25.3 Å². The maximum atomic E-state index is 13.0. The third-order valence-electron chi connectivity index (χ3n) is 5.72. The third kappa shape index (κ3) is 4.43. The first-order chi connectivity index (χ1) is 14.1. The second kappa shape index (κ2) is 8.66. The number of hydrogen-bond donors (Lipinski definition) is 1. The van der Waals surface area contributed by atoms with Crippen LogP contribution in [-0.2, 0) is 9.53 Å². The summed E-state index contributed by atoms with van der Waals surface area (Å²) in [6.45, 7) is 2.04. The molecule has 2 aromatic rings. The summed E-state index contributed by atoms with van der Waals surface area (Å²) < 4.78 is 11.3. The van der Waals surface area contributed by atoms with Gasteiger partial charge in [-0.1, -0.05) is 30.3 Å². The Morgan fingerprint density at radius 1 is 0.966 bits per heavy atom. The lowest BCUT2D eigenvalue weighted by molar-refractivity contribution is -0.141. The number of hydrogen-bond acceptors (Lipinski definition) is 4. The molecule has 2 saturated heterocycles. The highest BCUT2D eigenvalue weighted by Crippen LogP contribution is 2.33. The molecule has 29 heavy (non-hydrogen) atoms. The van der Waals surface area contributed by atoms with Crippen LogP contribution in [0.15, 0.2) is 54.6 Å². The van der Waals surface area contributed by atoms with Crippen molar-refractivity contribution in [3.63, 3.8) is 0 Å². The minimum Gasteiger partial charge on any atom is -0.490 e. The number of amides is 1. The molecular formula is C23H25NO5. The Kier molecular flexibility index (Phi) is 5.81. The zero-order valence-corrected chi connectivity index (χ0v) is 16.2. The van der Waals surface area contributed by atoms with Crippen molar-refractivity contribution in [1.29, 1.82) is 0 Å². The van der Waals surface area contributed by atoms with Crippen LogP contribution in [0.2, 0.25) is 0 Å². The molecule has 0 saturated carbocycles. The minimum absolute atomic E-state index is 0.145. The normalized spacial score (nSPS) is 22.4. The van der Waals surface area contributed by atoms with Gasteiger partial charge < -0.3 is 19.5 Å². The third-order valence-corrected chi connectivity index (χ3v) is 5.72. The van der Waals surface area contributed by atoms with Gasteiger partial charge in [0.25, 0.3) is 5.91 Å². The Morgan fingerprint density at radius 3 is 2.31 bits per heavy atom. The lowest BCUT2D eigenvalue weighted by Crippen LogP contribution is -2.30. The fourth-order valence-corrected chi connectivity index (χ4v) is 4.10. The first kappa shape index (κ1) is 19.5. The SMILES string of the molecule is O=C(O)C1CN(C(=O)c2ccc(OC3CCOCC3)cc2)CC1c1ccccc1. The molecule has 152 valence electrons. The van der Waals surface area contributed by atoms with Gasteiger partial charge in [0.15, 0.2) is 0 Å². The molecule has 2 aliphatic heterocycles. The molecule has 2 atom stereocenters. The lowest BCUT2D eigenvalue weighted by atomic mass is 9.89. The summed E-state index contributed by atoms with van der Waals surface area (Å²) in [5.74, 6) is -1.08. The van der Waals surface area contributed by atoms with E-state index in [2.05, 4.69) is 0 Å². The number of carbonyl (C=O) groups is 2. The number of carboxylic acids is 1. The van der Waals surface area contributed by atoms with Crippen LogP contribution < -0.4 is 4.74 Å². The van der Waals surface area contributed by atoms with E-state index in [9.17, 15) is 14.7 Å². The molecule has 4 rings (SSSR count). The van der Waals surface area contributed by atoms with Crippen molar-refractivity contribution in [3.8, 4) is 5.75 Å². The molecule has 6 nitrogen and oxygen atoms in total. The molecule has 6 heteroatoms. The van der Waals surface area contributed by atoms with Crippen LogP contribution in [0.4, 0.5) is 0 Å². The van der Waals surface area contributed by atoms with E-state index in [1.807, 2.05) is 42.5 Å². The highest BCUT2D eigenvalue weighted by Gasteiger charge is 2.40. The van der Waals surface area contributed by atoms with E-state index in [-0.39, 0.29) is 24.5 Å². The first-order valence-electron chi connectivity index (χ1n) is 10.0. The average molecular weight is 395 g/mol. The van der Waals surface area contributed by atoms with Crippen molar-refractivity contribution in [1.82, 2.24) is 4.90 Å². The van der Waals surface area contributed by atoms with Crippen LogP contribution in [0.5, 0.6) is 5.75 Å². The van der Waals surface area contributed by atoms with Crippen LogP contribution in [0.25, 0.3) is 0 Å². The Labute approximate surface area is 170 Å². The molecule has 2 heterocycles. The summed E-state index contributed by atoms with van der Waals surface area (Å²) in [5, 5.41) is 9.64. The van der Waals surface area contributed by atoms with Crippen molar-refractivity contribution in [2.24, 2.45) is 5.92 Å². The molecule has 2 unspecified atom stereocenters. The summed E-state index contributed by atoms with van der Waals surface area (Å²) in [6.07, 6.45) is 1.88. The van der Waals surface area contributed by atoms with Crippen molar-refractivity contribution in [3.05, 3.63) is 65.7 Å². The van der Waals surface area contributed by atoms with Crippen LogP contribution in [0, 0.1) is 5.92 Å². The standard InChI is InChI=1S/C23H25NO5/c25-22(17-6-8-18(9-7-17)29-19-10-12-28-13-11-19)24-14-20(21(15-24)23(26)27)16-4-2-1-3-5-16/h1-9,19-21H,10-15H2,(H,26,27). The van der Waals surface area contributed by atoms with Gasteiger partial charge in [-0.3, -0.25) is 9.59 Å². The quantitative estimate of drug-likeness (QED) is 0.842. The monoisotopic (exact) mass is 395 g/mol. The molecular weight excluding hydrogens is 370 g/mol. The fraction of sp³-hybridized carbons (Fsp3) is 0.391. The Bertz CT molecular complexity index is 845. The second-order valence-electron chi connectivity index (χ2n) is 7.63.